The van der Waals surface area contributed by atoms with Crippen LogP contribution in [0.3, 0.4) is 0 Å². The van der Waals surface area contributed by atoms with Gasteiger partial charge in [-0.25, -0.2) is 0 Å². The monoisotopic (exact) mass is 365 g/mol. The van der Waals surface area contributed by atoms with Crippen LogP contribution >= 0.6 is 12.4 Å². The third-order valence-electron chi connectivity index (χ3n) is 4.19. The SMILES string of the molecule is Cc1cccc(C(=O)N2CCCN(Cc3noc(CN)n3)CC2)c1.Cl. The number of benzene rings is 1. The Morgan fingerprint density at radius 1 is 1.28 bits per heavy atom. The molecule has 1 saturated heterocycles. The summed E-state index contributed by atoms with van der Waals surface area (Å²) < 4.78 is 5.04. The van der Waals surface area contributed by atoms with Gasteiger partial charge < -0.3 is 15.2 Å². The summed E-state index contributed by atoms with van der Waals surface area (Å²) in [5.74, 6) is 1.20. The van der Waals surface area contributed by atoms with E-state index in [2.05, 4.69) is 15.0 Å². The Hall–Kier alpha value is -1.96. The molecule has 0 bridgehead atoms. The van der Waals surface area contributed by atoms with Gasteiger partial charge in [0.25, 0.3) is 5.91 Å². The lowest BCUT2D eigenvalue weighted by Crippen LogP contribution is -2.35. The minimum atomic E-state index is 0. The first-order valence-electron chi connectivity index (χ1n) is 8.25. The second-order valence-corrected chi connectivity index (χ2v) is 6.10. The molecule has 2 N–H and O–H groups in total. The van der Waals surface area contributed by atoms with Crippen molar-refractivity contribution in [2.45, 2.75) is 26.4 Å². The Bertz CT molecular complexity index is 706. The summed E-state index contributed by atoms with van der Waals surface area (Å²) in [4.78, 5) is 21.1. The van der Waals surface area contributed by atoms with Crippen LogP contribution in [0.15, 0.2) is 28.8 Å². The van der Waals surface area contributed by atoms with Gasteiger partial charge in [0, 0.05) is 31.7 Å². The van der Waals surface area contributed by atoms with Crippen LogP contribution < -0.4 is 5.73 Å². The Labute approximate surface area is 153 Å². The molecule has 8 heteroatoms. The molecule has 0 atom stereocenters. The number of hydrogen-bond donors (Lipinski definition) is 1. The topological polar surface area (TPSA) is 88.5 Å². The van der Waals surface area contributed by atoms with Crippen molar-refractivity contribution < 1.29 is 9.32 Å². The maximum Gasteiger partial charge on any atom is 0.253 e. The first-order chi connectivity index (χ1) is 11.7. The van der Waals surface area contributed by atoms with E-state index in [-0.39, 0.29) is 24.9 Å². The Balaban J connectivity index is 0.00000225. The Morgan fingerprint density at radius 2 is 2.12 bits per heavy atom. The highest BCUT2D eigenvalue weighted by molar-refractivity contribution is 5.94. The van der Waals surface area contributed by atoms with Crippen molar-refractivity contribution in [2.24, 2.45) is 5.73 Å². The van der Waals surface area contributed by atoms with Crippen LogP contribution in [0.2, 0.25) is 0 Å². The maximum absolute atomic E-state index is 12.7. The number of aromatic nitrogens is 2. The van der Waals surface area contributed by atoms with Gasteiger partial charge in [0.15, 0.2) is 5.82 Å². The molecule has 3 rings (SSSR count). The number of aryl methyl sites for hydroxylation is 1. The summed E-state index contributed by atoms with van der Waals surface area (Å²) in [6, 6.07) is 7.75. The van der Waals surface area contributed by atoms with Gasteiger partial charge in [-0.05, 0) is 25.5 Å². The van der Waals surface area contributed by atoms with Crippen molar-refractivity contribution in [1.29, 1.82) is 0 Å². The minimum Gasteiger partial charge on any atom is -0.338 e. The highest BCUT2D eigenvalue weighted by atomic mass is 35.5. The van der Waals surface area contributed by atoms with Crippen LogP contribution in [0.4, 0.5) is 0 Å². The molecule has 1 aromatic carbocycles. The maximum atomic E-state index is 12.7. The number of rotatable bonds is 4. The summed E-state index contributed by atoms with van der Waals surface area (Å²) in [6.07, 6.45) is 0.930. The lowest BCUT2D eigenvalue weighted by molar-refractivity contribution is 0.0761. The predicted molar refractivity (Wildman–Crippen MR) is 96.4 cm³/mol. The van der Waals surface area contributed by atoms with E-state index in [1.165, 1.54) is 0 Å². The summed E-state index contributed by atoms with van der Waals surface area (Å²) in [5, 5.41) is 3.93. The second-order valence-electron chi connectivity index (χ2n) is 6.10. The third-order valence-corrected chi connectivity index (χ3v) is 4.19. The number of carbonyl (C=O) groups excluding carboxylic acids is 1. The van der Waals surface area contributed by atoms with E-state index in [0.717, 1.165) is 37.2 Å². The molecule has 1 aliphatic heterocycles. The largest absolute Gasteiger partial charge is 0.338 e. The molecule has 1 amide bonds. The van der Waals surface area contributed by atoms with Crippen molar-refractivity contribution in [3.8, 4) is 0 Å². The lowest BCUT2D eigenvalue weighted by Gasteiger charge is -2.21. The quantitative estimate of drug-likeness (QED) is 0.885. The smallest absolute Gasteiger partial charge is 0.253 e. The van der Waals surface area contributed by atoms with Gasteiger partial charge in [-0.2, -0.15) is 4.98 Å². The first kappa shape index (κ1) is 19.4. The summed E-state index contributed by atoms with van der Waals surface area (Å²) in [5.41, 5.74) is 7.35. The van der Waals surface area contributed by atoms with Gasteiger partial charge in [-0.15, -0.1) is 12.4 Å². The van der Waals surface area contributed by atoms with Gasteiger partial charge >= 0.3 is 0 Å². The van der Waals surface area contributed by atoms with Crippen molar-refractivity contribution in [3.05, 3.63) is 47.1 Å². The van der Waals surface area contributed by atoms with Crippen LogP contribution in [-0.2, 0) is 13.1 Å². The van der Waals surface area contributed by atoms with E-state index in [1.807, 2.05) is 36.1 Å². The van der Waals surface area contributed by atoms with Crippen molar-refractivity contribution in [3.63, 3.8) is 0 Å². The molecule has 0 radical (unpaired) electrons. The van der Waals surface area contributed by atoms with Crippen molar-refractivity contribution in [2.75, 3.05) is 26.2 Å². The molecule has 0 aliphatic carbocycles. The molecule has 1 fully saturated rings. The lowest BCUT2D eigenvalue weighted by atomic mass is 10.1. The zero-order valence-corrected chi connectivity index (χ0v) is 15.2. The molecule has 0 unspecified atom stereocenters. The first-order valence-corrected chi connectivity index (χ1v) is 8.25. The molecule has 1 aromatic heterocycles. The fourth-order valence-electron chi connectivity index (χ4n) is 2.93. The van der Waals surface area contributed by atoms with E-state index in [1.54, 1.807) is 0 Å². The molecule has 7 nitrogen and oxygen atoms in total. The van der Waals surface area contributed by atoms with Crippen molar-refractivity contribution in [1.82, 2.24) is 19.9 Å². The zero-order chi connectivity index (χ0) is 16.9. The third kappa shape index (κ3) is 5.01. The van der Waals surface area contributed by atoms with Crippen LogP contribution in [0.1, 0.15) is 34.1 Å². The minimum absolute atomic E-state index is 0. The van der Waals surface area contributed by atoms with Gasteiger partial charge in [0.05, 0.1) is 13.1 Å². The Kier molecular flexibility index (Phi) is 6.92. The fraction of sp³-hybridized carbons (Fsp3) is 0.471. The fourth-order valence-corrected chi connectivity index (χ4v) is 2.93. The second kappa shape index (κ2) is 8.94. The van der Waals surface area contributed by atoms with Crippen LogP contribution in [0.5, 0.6) is 0 Å². The molecule has 0 spiro atoms. The summed E-state index contributed by atoms with van der Waals surface area (Å²) >= 11 is 0. The van der Waals surface area contributed by atoms with Gasteiger partial charge in [-0.3, -0.25) is 9.69 Å². The van der Waals surface area contributed by atoms with E-state index >= 15 is 0 Å². The predicted octanol–water partition coefficient (Wildman–Crippen LogP) is 1.61. The molecule has 1 aliphatic rings. The summed E-state index contributed by atoms with van der Waals surface area (Å²) in [6.45, 7) is 6.05. The number of amides is 1. The molecule has 2 aromatic rings. The highest BCUT2D eigenvalue weighted by Crippen LogP contribution is 2.12. The molecular weight excluding hydrogens is 342 g/mol. The standard InChI is InChI=1S/C17H23N5O2.ClH/c1-13-4-2-5-14(10-13)17(23)22-7-3-6-21(8-9-22)12-15-19-16(11-18)24-20-15;/h2,4-5,10H,3,6-9,11-12,18H2,1H3;1H. The normalized spacial score (nSPS) is 15.5. The van der Waals surface area contributed by atoms with Crippen LogP contribution in [-0.4, -0.2) is 52.0 Å². The van der Waals surface area contributed by atoms with Gasteiger partial charge in [0.2, 0.25) is 5.89 Å². The number of halogens is 1. The van der Waals surface area contributed by atoms with E-state index in [9.17, 15) is 4.79 Å². The van der Waals surface area contributed by atoms with Crippen LogP contribution in [0, 0.1) is 6.92 Å². The average Bonchev–Trinajstić information content (AvgIpc) is 2.91. The van der Waals surface area contributed by atoms with E-state index in [4.69, 9.17) is 10.3 Å². The number of nitrogens with zero attached hydrogens (tertiary/aromatic N) is 4. The molecule has 25 heavy (non-hydrogen) atoms. The van der Waals surface area contributed by atoms with Gasteiger partial charge in [0.1, 0.15) is 0 Å². The van der Waals surface area contributed by atoms with E-state index < -0.39 is 0 Å². The zero-order valence-electron chi connectivity index (χ0n) is 14.4. The molecule has 0 saturated carbocycles. The highest BCUT2D eigenvalue weighted by Gasteiger charge is 2.21. The van der Waals surface area contributed by atoms with Crippen LogP contribution in [0.25, 0.3) is 0 Å². The molecule has 136 valence electrons. The number of hydrogen-bond acceptors (Lipinski definition) is 6. The molecular formula is C17H24ClN5O2. The number of nitrogens with two attached hydrogens (primary N) is 1. The van der Waals surface area contributed by atoms with Gasteiger partial charge in [-0.1, -0.05) is 22.9 Å². The number of carbonyl (C=O) groups is 1. The summed E-state index contributed by atoms with van der Waals surface area (Å²) in [7, 11) is 0. The molecule has 2 heterocycles. The average molecular weight is 366 g/mol. The van der Waals surface area contributed by atoms with Crippen molar-refractivity contribution >= 4 is 18.3 Å². The Morgan fingerprint density at radius 3 is 2.84 bits per heavy atom. The van der Waals surface area contributed by atoms with E-state index in [0.29, 0.717) is 24.8 Å².